The van der Waals surface area contributed by atoms with Gasteiger partial charge in [-0.2, -0.15) is 35.1 Å². The molecule has 0 fully saturated rings. The second-order valence-electron chi connectivity index (χ2n) is 12.4. The molecule has 1 heterocycles. The van der Waals surface area contributed by atoms with Crippen LogP contribution < -0.4 is 9.47 Å². The van der Waals surface area contributed by atoms with E-state index in [1.807, 2.05) is 28.8 Å². The van der Waals surface area contributed by atoms with Crippen molar-refractivity contribution in [3.05, 3.63) is 60.2 Å². The van der Waals surface area contributed by atoms with E-state index in [1.54, 1.807) is 13.2 Å². The largest absolute Gasteiger partial charge is 0.496 e. The molecule has 0 unspecified atom stereocenters. The SMILES string of the molecule is C=C(C)C(=O)OCCC(F)(F)C(F)(F)C(F)(F)C(F)(F)CCOc1ccc2cc(-c3ccc(CCCCC)cc3OC)n(CCCCC)c2c1. The van der Waals surface area contributed by atoms with Gasteiger partial charge in [-0.25, -0.2) is 4.79 Å². The Morgan fingerprint density at radius 1 is 0.800 bits per heavy atom. The van der Waals surface area contributed by atoms with Crippen LogP contribution in [0.3, 0.4) is 0 Å². The number of methoxy groups -OCH3 is 1. The number of hydrogen-bond acceptors (Lipinski definition) is 4. The highest BCUT2D eigenvalue weighted by molar-refractivity contribution is 5.89. The van der Waals surface area contributed by atoms with Crippen LogP contribution in [-0.4, -0.2) is 54.6 Å². The summed E-state index contributed by atoms with van der Waals surface area (Å²) < 4.78 is 133. The van der Waals surface area contributed by atoms with Crippen LogP contribution in [0.1, 0.15) is 77.7 Å². The molecular formula is C37H45F8NO4. The molecule has 0 atom stereocenters. The first-order valence-electron chi connectivity index (χ1n) is 16.7. The minimum atomic E-state index is -6.48. The lowest BCUT2D eigenvalue weighted by atomic mass is 9.95. The summed E-state index contributed by atoms with van der Waals surface area (Å²) in [5, 5.41) is 0.769. The van der Waals surface area contributed by atoms with Gasteiger partial charge in [-0.1, -0.05) is 52.2 Å². The van der Waals surface area contributed by atoms with Gasteiger partial charge in [0, 0.05) is 29.1 Å². The topological polar surface area (TPSA) is 49.7 Å². The van der Waals surface area contributed by atoms with E-state index in [0.717, 1.165) is 74.1 Å². The lowest BCUT2D eigenvalue weighted by molar-refractivity contribution is -0.368. The highest BCUT2D eigenvalue weighted by Gasteiger charge is 2.79. The van der Waals surface area contributed by atoms with Crippen molar-refractivity contribution in [2.75, 3.05) is 20.3 Å². The number of halogens is 8. The average Bonchev–Trinajstić information content (AvgIpc) is 3.41. The molecule has 50 heavy (non-hydrogen) atoms. The Bertz CT molecular complexity index is 1600. The molecule has 278 valence electrons. The summed E-state index contributed by atoms with van der Waals surface area (Å²) in [4.78, 5) is 11.3. The number of aryl methyl sites for hydroxylation is 2. The molecule has 0 radical (unpaired) electrons. The van der Waals surface area contributed by atoms with Crippen molar-refractivity contribution in [2.24, 2.45) is 0 Å². The number of alkyl halides is 8. The zero-order valence-corrected chi connectivity index (χ0v) is 28.8. The molecule has 0 spiro atoms. The van der Waals surface area contributed by atoms with Crippen LogP contribution in [0.25, 0.3) is 22.2 Å². The first-order valence-corrected chi connectivity index (χ1v) is 16.7. The average molecular weight is 720 g/mol. The third-order valence-electron chi connectivity index (χ3n) is 8.47. The molecule has 5 nitrogen and oxygen atoms in total. The maximum absolute atomic E-state index is 14.6. The molecule has 0 aliphatic rings. The third kappa shape index (κ3) is 9.11. The summed E-state index contributed by atoms with van der Waals surface area (Å²) in [6, 6.07) is 12.6. The number of ether oxygens (including phenoxy) is 3. The molecule has 13 heteroatoms. The van der Waals surface area contributed by atoms with Crippen molar-refractivity contribution in [3.63, 3.8) is 0 Å². The van der Waals surface area contributed by atoms with Gasteiger partial charge in [0.2, 0.25) is 0 Å². The number of aromatic nitrogens is 1. The molecule has 0 saturated carbocycles. The van der Waals surface area contributed by atoms with Gasteiger partial charge in [0.05, 0.1) is 44.4 Å². The summed E-state index contributed by atoms with van der Waals surface area (Å²) >= 11 is 0. The lowest BCUT2D eigenvalue weighted by Crippen LogP contribution is -2.62. The number of carbonyl (C=O) groups excluding carboxylic acids is 1. The highest BCUT2D eigenvalue weighted by Crippen LogP contribution is 2.54. The van der Waals surface area contributed by atoms with E-state index >= 15 is 0 Å². The number of rotatable bonds is 21. The molecule has 0 N–H and O–H groups in total. The molecule has 0 saturated heterocycles. The quantitative estimate of drug-likeness (QED) is 0.0476. The Morgan fingerprint density at radius 3 is 2.02 bits per heavy atom. The smallest absolute Gasteiger partial charge is 0.378 e. The van der Waals surface area contributed by atoms with Gasteiger partial charge >= 0.3 is 29.7 Å². The normalized spacial score (nSPS) is 12.7. The minimum Gasteiger partial charge on any atom is -0.496 e. The molecule has 0 amide bonds. The summed E-state index contributed by atoms with van der Waals surface area (Å²) in [5.74, 6) is -24.7. The van der Waals surface area contributed by atoms with Crippen LogP contribution in [0.4, 0.5) is 35.1 Å². The van der Waals surface area contributed by atoms with Crippen LogP contribution in [-0.2, 0) is 22.5 Å². The number of nitrogens with zero attached hydrogens (tertiary/aromatic N) is 1. The maximum atomic E-state index is 14.6. The number of esters is 1. The van der Waals surface area contributed by atoms with E-state index in [4.69, 9.17) is 9.47 Å². The fraction of sp³-hybridized carbons (Fsp3) is 0.541. The van der Waals surface area contributed by atoms with E-state index < -0.39 is 55.7 Å². The second-order valence-corrected chi connectivity index (χ2v) is 12.4. The van der Waals surface area contributed by atoms with Crippen molar-refractivity contribution >= 4 is 16.9 Å². The fourth-order valence-corrected chi connectivity index (χ4v) is 5.46. The molecule has 0 aliphatic heterocycles. The van der Waals surface area contributed by atoms with Crippen molar-refractivity contribution < 1.29 is 54.1 Å². The summed E-state index contributed by atoms with van der Waals surface area (Å²) in [6.07, 6.45) is 2.75. The zero-order chi connectivity index (χ0) is 37.3. The number of unbranched alkanes of at least 4 members (excludes halogenated alkanes) is 4. The molecule has 0 bridgehead atoms. The Kier molecular flexibility index (Phi) is 13.8. The van der Waals surface area contributed by atoms with Gasteiger partial charge in [0.1, 0.15) is 11.5 Å². The fourth-order valence-electron chi connectivity index (χ4n) is 5.46. The Labute approximate surface area is 287 Å². The number of carbonyl (C=O) groups is 1. The van der Waals surface area contributed by atoms with Gasteiger partial charge in [-0.15, -0.1) is 0 Å². The van der Waals surface area contributed by atoms with Crippen molar-refractivity contribution in [1.82, 2.24) is 4.57 Å². The van der Waals surface area contributed by atoms with Gasteiger partial charge in [0.15, 0.2) is 0 Å². The molecule has 0 aliphatic carbocycles. The second kappa shape index (κ2) is 17.0. The van der Waals surface area contributed by atoms with Crippen LogP contribution in [0.5, 0.6) is 11.5 Å². The van der Waals surface area contributed by atoms with Crippen molar-refractivity contribution in [2.45, 2.75) is 109 Å². The monoisotopic (exact) mass is 719 g/mol. The van der Waals surface area contributed by atoms with Gasteiger partial charge < -0.3 is 18.8 Å². The highest BCUT2D eigenvalue weighted by atomic mass is 19.4. The van der Waals surface area contributed by atoms with Crippen LogP contribution in [0.15, 0.2) is 54.6 Å². The first-order chi connectivity index (χ1) is 23.4. The molecule has 3 aromatic rings. The third-order valence-corrected chi connectivity index (χ3v) is 8.47. The van der Waals surface area contributed by atoms with E-state index in [9.17, 15) is 39.9 Å². The van der Waals surface area contributed by atoms with Crippen LogP contribution >= 0.6 is 0 Å². The van der Waals surface area contributed by atoms with Gasteiger partial charge in [-0.3, -0.25) is 0 Å². The molecule has 1 aromatic heterocycles. The maximum Gasteiger partial charge on any atom is 0.378 e. The predicted octanol–water partition coefficient (Wildman–Crippen LogP) is 11.1. The summed E-state index contributed by atoms with van der Waals surface area (Å²) in [7, 11) is 1.59. The Balaban J connectivity index is 1.82. The van der Waals surface area contributed by atoms with E-state index in [2.05, 4.69) is 25.2 Å². The molecule has 3 rings (SSSR count). The summed E-state index contributed by atoms with van der Waals surface area (Å²) in [6.45, 7) is 6.47. The lowest BCUT2D eigenvalue weighted by Gasteiger charge is -2.36. The first kappa shape index (κ1) is 40.7. The van der Waals surface area contributed by atoms with Crippen LogP contribution in [0.2, 0.25) is 0 Å². The van der Waals surface area contributed by atoms with Gasteiger partial charge in [0.25, 0.3) is 0 Å². The number of hydrogen-bond donors (Lipinski definition) is 0. The van der Waals surface area contributed by atoms with E-state index in [0.29, 0.717) is 17.8 Å². The van der Waals surface area contributed by atoms with E-state index in [-0.39, 0.29) is 11.3 Å². The van der Waals surface area contributed by atoms with Gasteiger partial charge in [-0.05, 0) is 62.1 Å². The summed E-state index contributed by atoms with van der Waals surface area (Å²) in [5.41, 5.74) is 3.18. The van der Waals surface area contributed by atoms with Crippen molar-refractivity contribution in [1.29, 1.82) is 0 Å². The Morgan fingerprint density at radius 2 is 1.42 bits per heavy atom. The number of benzene rings is 2. The minimum absolute atomic E-state index is 0.00679. The van der Waals surface area contributed by atoms with E-state index in [1.165, 1.54) is 12.1 Å². The molecule has 2 aromatic carbocycles. The predicted molar refractivity (Wildman–Crippen MR) is 177 cm³/mol. The van der Waals surface area contributed by atoms with Crippen molar-refractivity contribution in [3.8, 4) is 22.8 Å². The van der Waals surface area contributed by atoms with Crippen LogP contribution in [0, 0.1) is 0 Å². The standard InChI is InChI=1S/C37H45F8NO4/c1-6-8-10-12-26-13-16-29(32(22-26)48-5)31-23-27-14-15-28(24-30(27)46(31)19-11-9-7-2)49-20-17-34(38,39)36(42,43)37(44,45)35(40,41)18-21-50-33(47)25(3)4/h13-16,22-24H,3,6-12,17-21H2,1-2,4-5H3. The number of fused-ring (bicyclic) bond motifs is 1. The Hall–Kier alpha value is -3.77. The molecular weight excluding hydrogens is 674 g/mol. The zero-order valence-electron chi connectivity index (χ0n) is 28.8.